The average molecular weight is 220 g/mol. The first-order valence-electron chi connectivity index (χ1n) is 4.75. The topological polar surface area (TPSA) is 98.0 Å². The summed E-state index contributed by atoms with van der Waals surface area (Å²) >= 11 is 0. The molecule has 0 saturated carbocycles. The van der Waals surface area contributed by atoms with Crippen molar-refractivity contribution in [1.29, 1.82) is 0 Å². The molecule has 0 aromatic rings. The van der Waals surface area contributed by atoms with Gasteiger partial charge in [-0.1, -0.05) is 13.8 Å². The van der Waals surface area contributed by atoms with Crippen LogP contribution in [0.15, 0.2) is 0 Å². The maximum Gasteiger partial charge on any atom is 0.314 e. The van der Waals surface area contributed by atoms with Gasteiger partial charge in [-0.15, -0.1) is 0 Å². The largest absolute Gasteiger partial charge is 0.481 e. The zero-order valence-electron chi connectivity index (χ0n) is 9.61. The summed E-state index contributed by atoms with van der Waals surface area (Å²) in [6.45, 7) is 5.50. The molecule has 0 aliphatic rings. The Morgan fingerprint density at radius 1 is 1.13 bits per heavy atom. The van der Waals surface area contributed by atoms with Crippen LogP contribution in [0.25, 0.3) is 0 Å². The number of aliphatic hydroxyl groups is 3. The molecule has 0 unspecified atom stereocenters. The molecule has 0 saturated heterocycles. The van der Waals surface area contributed by atoms with Crippen molar-refractivity contribution in [2.24, 2.45) is 10.8 Å². The Balaban J connectivity index is 4.91. The Kier molecular flexibility index (Phi) is 3.90. The SMILES string of the molecule is CC(C)(CO)CC(O)(O)C(C)(C)C(=O)O. The number of hydrogen-bond acceptors (Lipinski definition) is 4. The monoisotopic (exact) mass is 220 g/mol. The van der Waals surface area contributed by atoms with E-state index in [4.69, 9.17) is 10.2 Å². The van der Waals surface area contributed by atoms with Crippen molar-refractivity contribution in [1.82, 2.24) is 0 Å². The molecule has 0 bridgehead atoms. The van der Waals surface area contributed by atoms with E-state index in [1.807, 2.05) is 0 Å². The second-order valence-corrected chi connectivity index (χ2v) is 5.25. The highest BCUT2D eigenvalue weighted by Gasteiger charge is 2.50. The van der Waals surface area contributed by atoms with Gasteiger partial charge < -0.3 is 20.4 Å². The van der Waals surface area contributed by atoms with Crippen LogP contribution in [0.4, 0.5) is 0 Å². The van der Waals surface area contributed by atoms with Gasteiger partial charge >= 0.3 is 5.97 Å². The molecule has 0 heterocycles. The lowest BCUT2D eigenvalue weighted by molar-refractivity contribution is -0.252. The predicted octanol–water partition coefficient (Wildman–Crippen LogP) is 0.187. The summed E-state index contributed by atoms with van der Waals surface area (Å²) in [5.74, 6) is -3.65. The second kappa shape index (κ2) is 4.08. The molecule has 15 heavy (non-hydrogen) atoms. The van der Waals surface area contributed by atoms with Gasteiger partial charge in [-0.2, -0.15) is 0 Å². The first-order valence-corrected chi connectivity index (χ1v) is 4.75. The molecule has 0 aliphatic carbocycles. The number of rotatable bonds is 5. The number of hydrogen-bond donors (Lipinski definition) is 4. The fourth-order valence-electron chi connectivity index (χ4n) is 1.12. The summed E-state index contributed by atoms with van der Waals surface area (Å²) in [6.07, 6.45) is -0.213. The van der Waals surface area contributed by atoms with Gasteiger partial charge in [-0.3, -0.25) is 4.79 Å². The Bertz CT molecular complexity index is 242. The molecule has 0 amide bonds. The Labute approximate surface area is 89.4 Å². The van der Waals surface area contributed by atoms with E-state index in [1.54, 1.807) is 13.8 Å². The molecule has 5 heteroatoms. The van der Waals surface area contributed by atoms with E-state index in [1.165, 1.54) is 13.8 Å². The third-order valence-electron chi connectivity index (χ3n) is 2.69. The second-order valence-electron chi connectivity index (χ2n) is 5.25. The normalized spacial score (nSPS) is 14.1. The molecule has 0 aromatic carbocycles. The van der Waals surface area contributed by atoms with Crippen molar-refractivity contribution in [3.63, 3.8) is 0 Å². The number of aliphatic carboxylic acids is 1. The smallest absolute Gasteiger partial charge is 0.314 e. The lowest BCUT2D eigenvalue weighted by Crippen LogP contribution is -2.52. The Morgan fingerprint density at radius 2 is 1.53 bits per heavy atom. The van der Waals surface area contributed by atoms with Gasteiger partial charge in [0.2, 0.25) is 0 Å². The number of aliphatic hydroxyl groups excluding tert-OH is 1. The van der Waals surface area contributed by atoms with Crippen LogP contribution in [-0.2, 0) is 4.79 Å². The van der Waals surface area contributed by atoms with Gasteiger partial charge in [0.1, 0.15) is 5.41 Å². The summed E-state index contributed by atoms with van der Waals surface area (Å²) in [5.41, 5.74) is -2.42. The molecule has 0 atom stereocenters. The van der Waals surface area contributed by atoms with Crippen LogP contribution in [0.5, 0.6) is 0 Å². The van der Waals surface area contributed by atoms with Gasteiger partial charge in [0.05, 0.1) is 0 Å². The lowest BCUT2D eigenvalue weighted by atomic mass is 9.74. The van der Waals surface area contributed by atoms with Crippen molar-refractivity contribution < 1.29 is 25.2 Å². The van der Waals surface area contributed by atoms with Gasteiger partial charge in [0.15, 0.2) is 5.79 Å². The summed E-state index contributed by atoms with van der Waals surface area (Å²) < 4.78 is 0. The Morgan fingerprint density at radius 3 is 1.80 bits per heavy atom. The van der Waals surface area contributed by atoms with Gasteiger partial charge in [-0.25, -0.2) is 0 Å². The number of carboxylic acid groups (broad SMARTS) is 1. The Hall–Kier alpha value is -0.650. The zero-order chi connectivity index (χ0) is 12.5. The summed E-state index contributed by atoms with van der Waals surface area (Å²) in [5, 5.41) is 37.3. The van der Waals surface area contributed by atoms with E-state index in [9.17, 15) is 15.0 Å². The first kappa shape index (κ1) is 14.3. The molecule has 4 N–H and O–H groups in total. The van der Waals surface area contributed by atoms with Crippen LogP contribution in [0, 0.1) is 10.8 Å². The highest BCUT2D eigenvalue weighted by Crippen LogP contribution is 2.38. The van der Waals surface area contributed by atoms with Crippen molar-refractivity contribution in [3.8, 4) is 0 Å². The van der Waals surface area contributed by atoms with Gasteiger partial charge in [0, 0.05) is 13.0 Å². The molecule has 0 rings (SSSR count). The maximum atomic E-state index is 10.9. The van der Waals surface area contributed by atoms with Crippen molar-refractivity contribution in [3.05, 3.63) is 0 Å². The molecular formula is C10H20O5. The molecule has 0 radical (unpaired) electrons. The van der Waals surface area contributed by atoms with Gasteiger partial charge in [-0.05, 0) is 19.3 Å². The number of carbonyl (C=O) groups is 1. The van der Waals surface area contributed by atoms with Crippen molar-refractivity contribution >= 4 is 5.97 Å². The third kappa shape index (κ3) is 3.15. The highest BCUT2D eigenvalue weighted by molar-refractivity contribution is 5.74. The fourth-order valence-corrected chi connectivity index (χ4v) is 1.12. The zero-order valence-corrected chi connectivity index (χ0v) is 9.61. The maximum absolute atomic E-state index is 10.9. The molecule has 0 fully saturated rings. The summed E-state index contributed by atoms with van der Waals surface area (Å²) in [6, 6.07) is 0. The lowest BCUT2D eigenvalue weighted by Gasteiger charge is -2.39. The minimum Gasteiger partial charge on any atom is -0.481 e. The third-order valence-corrected chi connectivity index (χ3v) is 2.69. The fraction of sp³-hybridized carbons (Fsp3) is 0.900. The average Bonchev–Trinajstić information content (AvgIpc) is 2.02. The molecule has 0 aromatic heterocycles. The standard InChI is InChI=1S/C10H20O5/c1-8(2,6-11)5-10(14,15)9(3,4)7(12)13/h11,14-15H,5-6H2,1-4H3,(H,12,13). The molecule has 90 valence electrons. The molecule has 0 aliphatic heterocycles. The molecule has 0 spiro atoms. The van der Waals surface area contributed by atoms with E-state index >= 15 is 0 Å². The van der Waals surface area contributed by atoms with Crippen LogP contribution >= 0.6 is 0 Å². The summed E-state index contributed by atoms with van der Waals surface area (Å²) in [4.78, 5) is 10.9. The quantitative estimate of drug-likeness (QED) is 0.496. The summed E-state index contributed by atoms with van der Waals surface area (Å²) in [7, 11) is 0. The van der Waals surface area contributed by atoms with Gasteiger partial charge in [0.25, 0.3) is 0 Å². The van der Waals surface area contributed by atoms with E-state index in [2.05, 4.69) is 0 Å². The van der Waals surface area contributed by atoms with Crippen LogP contribution in [0.3, 0.4) is 0 Å². The predicted molar refractivity (Wildman–Crippen MR) is 54.1 cm³/mol. The van der Waals surface area contributed by atoms with Crippen LogP contribution in [-0.4, -0.2) is 38.8 Å². The number of carboxylic acids is 1. The van der Waals surface area contributed by atoms with Crippen LogP contribution < -0.4 is 0 Å². The molecule has 5 nitrogen and oxygen atoms in total. The molecular weight excluding hydrogens is 200 g/mol. The highest BCUT2D eigenvalue weighted by atomic mass is 16.5. The van der Waals surface area contributed by atoms with E-state index in [-0.39, 0.29) is 13.0 Å². The van der Waals surface area contributed by atoms with E-state index < -0.39 is 22.6 Å². The van der Waals surface area contributed by atoms with Crippen LogP contribution in [0.1, 0.15) is 34.1 Å². The first-order chi connectivity index (χ1) is 6.46. The minimum atomic E-state index is -2.36. The minimum absolute atomic E-state index is 0.213. The van der Waals surface area contributed by atoms with Crippen LogP contribution in [0.2, 0.25) is 0 Å². The van der Waals surface area contributed by atoms with Crippen molar-refractivity contribution in [2.45, 2.75) is 39.9 Å². The van der Waals surface area contributed by atoms with E-state index in [0.717, 1.165) is 0 Å². The van der Waals surface area contributed by atoms with Crippen molar-refractivity contribution in [2.75, 3.05) is 6.61 Å². The van der Waals surface area contributed by atoms with E-state index in [0.29, 0.717) is 0 Å².